The fourth-order valence-electron chi connectivity index (χ4n) is 8.70. The van der Waals surface area contributed by atoms with Crippen molar-refractivity contribution in [2.24, 2.45) is 10.4 Å². The van der Waals surface area contributed by atoms with Gasteiger partial charge in [0.05, 0.1) is 53.2 Å². The van der Waals surface area contributed by atoms with Gasteiger partial charge in [-0.05, 0) is 80.0 Å². The number of aliphatic hydroxyl groups is 1. The molecule has 5 atom stereocenters. The normalized spacial score (nSPS) is 17.6. The van der Waals surface area contributed by atoms with E-state index in [1.54, 1.807) is 22.7 Å². The zero-order valence-corrected chi connectivity index (χ0v) is 42.1. The molecule has 354 valence electrons. The van der Waals surface area contributed by atoms with Crippen LogP contribution in [0.5, 0.6) is 0 Å². The van der Waals surface area contributed by atoms with E-state index in [1.165, 1.54) is 23.8 Å². The van der Waals surface area contributed by atoms with Gasteiger partial charge in [0.25, 0.3) is 0 Å². The smallest absolute Gasteiger partial charge is 0.308 e. The number of aromatic nitrogens is 4. The molecule has 1 saturated heterocycles. The minimum atomic E-state index is -0.937. The van der Waals surface area contributed by atoms with E-state index in [1.807, 2.05) is 112 Å². The Morgan fingerprint density at radius 1 is 0.897 bits per heavy atom. The van der Waals surface area contributed by atoms with Gasteiger partial charge in [0.1, 0.15) is 29.0 Å². The fraction of sp³-hybridized carbons (Fsp3) is 0.373. The van der Waals surface area contributed by atoms with Gasteiger partial charge in [0.2, 0.25) is 17.7 Å². The number of β-amino-alcohol motifs (C(OH)–C–C–N with tert-alkyl or cyclic N) is 1. The van der Waals surface area contributed by atoms with Gasteiger partial charge in [-0.2, -0.15) is 0 Å². The number of thiophene rings is 1. The average Bonchev–Trinajstić information content (AvgIpc) is 4.09. The molecular weight excluding hydrogens is 917 g/mol. The number of methoxy groups -OCH3 is 1. The number of ether oxygens (including phenoxy) is 1. The number of amides is 3. The number of esters is 1. The lowest BCUT2D eigenvalue weighted by atomic mass is 9.85. The number of rotatable bonds is 13. The lowest BCUT2D eigenvalue weighted by Gasteiger charge is -2.35. The van der Waals surface area contributed by atoms with Crippen molar-refractivity contribution in [3.8, 4) is 26.6 Å². The summed E-state index contributed by atoms with van der Waals surface area (Å²) in [6, 6.07) is 21.3. The van der Waals surface area contributed by atoms with E-state index in [-0.39, 0.29) is 49.0 Å². The van der Waals surface area contributed by atoms with E-state index in [4.69, 9.17) is 9.73 Å². The minimum absolute atomic E-state index is 0.00797. The lowest BCUT2D eigenvalue weighted by molar-refractivity contribution is -0.143. The maximum Gasteiger partial charge on any atom is 0.308 e. The highest BCUT2D eigenvalue weighted by molar-refractivity contribution is 8.00. The zero-order chi connectivity index (χ0) is 48.6. The minimum Gasteiger partial charge on any atom is -0.469 e. The first-order valence-electron chi connectivity index (χ1n) is 22.5. The number of thiazole rings is 1. The van der Waals surface area contributed by atoms with E-state index in [0.717, 1.165) is 75.8 Å². The number of carbonyl (C=O) groups is 4. The van der Waals surface area contributed by atoms with Gasteiger partial charge in [-0.15, -0.1) is 44.6 Å². The van der Waals surface area contributed by atoms with Crippen LogP contribution >= 0.6 is 34.4 Å². The number of fused-ring (bicyclic) bond motifs is 3. The predicted octanol–water partition coefficient (Wildman–Crippen LogP) is 8.27. The number of carbonyl (C=O) groups excluding carboxylic acids is 4. The number of hydrogen-bond acceptors (Lipinski definition) is 13. The molecule has 1 fully saturated rings. The quantitative estimate of drug-likeness (QED) is 0.0753. The number of aryl methyl sites for hydroxylation is 3. The molecule has 3 N–H and O–H groups in total. The van der Waals surface area contributed by atoms with Crippen molar-refractivity contribution < 1.29 is 29.0 Å². The molecule has 2 aliphatic heterocycles. The molecule has 0 radical (unpaired) electrons. The van der Waals surface area contributed by atoms with Crippen molar-refractivity contribution in [1.82, 2.24) is 35.3 Å². The Balaban J connectivity index is 0.905. The fourth-order valence-corrected chi connectivity index (χ4v) is 11.4. The van der Waals surface area contributed by atoms with Gasteiger partial charge in [0, 0.05) is 33.9 Å². The molecule has 0 saturated carbocycles. The maximum absolute atomic E-state index is 14.3. The van der Waals surface area contributed by atoms with E-state index < -0.39 is 35.6 Å². The molecular formula is C51H56N8O6S3. The molecule has 6 aromatic rings. The monoisotopic (exact) mass is 972 g/mol. The second-order valence-corrected chi connectivity index (χ2v) is 21.6. The number of nitrogens with one attached hydrogen (secondary N) is 2. The van der Waals surface area contributed by atoms with Crippen LogP contribution in [0, 0.1) is 33.1 Å². The Labute approximate surface area is 408 Å². The van der Waals surface area contributed by atoms with Gasteiger partial charge in [0.15, 0.2) is 5.82 Å². The summed E-state index contributed by atoms with van der Waals surface area (Å²) in [6.07, 6.45) is -0.746. The zero-order valence-electron chi connectivity index (χ0n) is 39.6. The second kappa shape index (κ2) is 19.9. The number of likely N-dealkylation sites (tertiary alicyclic amines) is 1. The standard InChI is InChI=1S/C51H56N8O6S3/c1-27-30(4)68-50-43(27)44(54-39(23-42(62)65-9)47-57-56-31(5)59(47)50)35-14-12-33(13-15-35)34-18-20-38(21-19-34)66-25-41(61)55-46(51(6,7)8)49(64)58-24-37(60)22-40(58)48(63)53-28(2)32-10-16-36(17-11-32)45-29(3)52-26-67-45/h10-21,26,28,37,39-40,46,60H,22-25H2,1-9H3,(H,53,63)(H,55,61)/t28-,37+,39-,40-,46+/m0/s1. The van der Waals surface area contributed by atoms with Crippen LogP contribution in [0.15, 0.2) is 88.2 Å². The topological polar surface area (TPSA) is 181 Å². The number of aliphatic hydroxyl groups excluding tert-OH is 1. The highest BCUT2D eigenvalue weighted by Crippen LogP contribution is 2.40. The molecule has 8 rings (SSSR count). The SMILES string of the molecule is COC(=O)C[C@@H]1N=C(c2ccc(-c3ccc(SCC(=O)N[C@H](C(=O)N4C[C@H](O)C[C@H]4C(=O)N[C@@H](C)c4ccc(-c5scnc5C)cc4)C(C)(C)C)cc3)cc2)c2c(sc(C)c2C)-n2c(C)nnc21. The number of hydrogen-bond donors (Lipinski definition) is 3. The van der Waals surface area contributed by atoms with Crippen molar-refractivity contribution in [2.75, 3.05) is 19.4 Å². The van der Waals surface area contributed by atoms with E-state index >= 15 is 0 Å². The third kappa shape index (κ3) is 10.1. The van der Waals surface area contributed by atoms with E-state index in [2.05, 4.69) is 51.8 Å². The van der Waals surface area contributed by atoms with E-state index in [0.29, 0.717) is 5.82 Å². The summed E-state index contributed by atoms with van der Waals surface area (Å²) in [5.41, 5.74) is 9.82. The van der Waals surface area contributed by atoms with Crippen molar-refractivity contribution in [1.29, 1.82) is 0 Å². The maximum atomic E-state index is 14.3. The first-order valence-corrected chi connectivity index (χ1v) is 25.2. The molecule has 14 nitrogen and oxygen atoms in total. The van der Waals surface area contributed by atoms with Crippen LogP contribution in [0.3, 0.4) is 0 Å². The summed E-state index contributed by atoms with van der Waals surface area (Å²) < 4.78 is 7.05. The third-order valence-electron chi connectivity index (χ3n) is 12.6. The average molecular weight is 973 g/mol. The lowest BCUT2D eigenvalue weighted by Crippen LogP contribution is -2.58. The first-order chi connectivity index (χ1) is 32.4. The van der Waals surface area contributed by atoms with Gasteiger partial charge in [-0.3, -0.25) is 28.7 Å². The van der Waals surface area contributed by atoms with Crippen LogP contribution in [-0.4, -0.2) is 96.8 Å². The summed E-state index contributed by atoms with van der Waals surface area (Å²) in [5.74, 6) is -0.0827. The summed E-state index contributed by atoms with van der Waals surface area (Å²) >= 11 is 4.59. The van der Waals surface area contributed by atoms with Gasteiger partial charge >= 0.3 is 5.97 Å². The molecule has 0 aliphatic carbocycles. The second-order valence-electron chi connectivity index (χ2n) is 18.5. The Bertz CT molecular complexity index is 2880. The molecule has 0 unspecified atom stereocenters. The number of aliphatic imine (C=N–C) groups is 1. The van der Waals surface area contributed by atoms with Gasteiger partial charge in [-0.1, -0.05) is 81.4 Å². The van der Waals surface area contributed by atoms with Crippen molar-refractivity contribution in [3.05, 3.63) is 123 Å². The molecule has 3 aromatic heterocycles. The predicted molar refractivity (Wildman–Crippen MR) is 267 cm³/mol. The molecule has 0 bridgehead atoms. The number of nitrogens with zero attached hydrogens (tertiary/aromatic N) is 6. The summed E-state index contributed by atoms with van der Waals surface area (Å²) in [4.78, 5) is 68.2. The first kappa shape index (κ1) is 48.4. The molecule has 3 amide bonds. The van der Waals surface area contributed by atoms with Crippen LogP contribution in [0.1, 0.15) is 97.1 Å². The third-order valence-corrected chi connectivity index (χ3v) is 15.8. The Morgan fingerprint density at radius 3 is 2.18 bits per heavy atom. The van der Waals surface area contributed by atoms with Crippen LogP contribution in [-0.2, 0) is 23.9 Å². The Morgan fingerprint density at radius 2 is 1.54 bits per heavy atom. The Hall–Kier alpha value is -6.01. The summed E-state index contributed by atoms with van der Waals surface area (Å²) in [6.45, 7) is 15.6. The van der Waals surface area contributed by atoms with Crippen LogP contribution < -0.4 is 10.6 Å². The summed E-state index contributed by atoms with van der Waals surface area (Å²) in [7, 11) is 1.37. The number of benzene rings is 3. The van der Waals surface area contributed by atoms with Crippen LogP contribution in [0.25, 0.3) is 26.6 Å². The molecule has 0 spiro atoms. The van der Waals surface area contributed by atoms with Crippen molar-refractivity contribution >= 4 is 63.8 Å². The van der Waals surface area contributed by atoms with Crippen molar-refractivity contribution in [3.63, 3.8) is 0 Å². The van der Waals surface area contributed by atoms with Crippen LogP contribution in [0.2, 0.25) is 0 Å². The highest BCUT2D eigenvalue weighted by atomic mass is 32.2. The molecule has 17 heteroatoms. The molecule has 3 aromatic carbocycles. The molecule has 5 heterocycles. The highest BCUT2D eigenvalue weighted by Gasteiger charge is 2.45. The largest absolute Gasteiger partial charge is 0.469 e. The molecule has 2 aliphatic rings. The van der Waals surface area contributed by atoms with Gasteiger partial charge in [-0.25, -0.2) is 4.98 Å². The number of thioether (sulfide) groups is 1. The van der Waals surface area contributed by atoms with Crippen LogP contribution in [0.4, 0.5) is 0 Å². The van der Waals surface area contributed by atoms with Gasteiger partial charge < -0.3 is 25.4 Å². The Kier molecular flexibility index (Phi) is 14.2. The molecule has 68 heavy (non-hydrogen) atoms. The summed E-state index contributed by atoms with van der Waals surface area (Å²) in [5, 5.41) is 26.5. The van der Waals surface area contributed by atoms with E-state index in [9.17, 15) is 24.3 Å². The van der Waals surface area contributed by atoms with Crippen molar-refractivity contribution in [2.45, 2.75) is 103 Å².